The summed E-state index contributed by atoms with van der Waals surface area (Å²) in [5.74, 6) is 6.08. The number of rotatable bonds is 1. The molecule has 0 amide bonds. The quantitative estimate of drug-likeness (QED) is 0.641. The summed E-state index contributed by atoms with van der Waals surface area (Å²) in [5.41, 5.74) is -0.772. The summed E-state index contributed by atoms with van der Waals surface area (Å²) in [5, 5.41) is 9.98. The molecule has 1 fully saturated rings. The van der Waals surface area contributed by atoms with Crippen molar-refractivity contribution in [3.8, 4) is 11.8 Å². The van der Waals surface area contributed by atoms with Crippen LogP contribution in [0.2, 0.25) is 0 Å². The monoisotopic (exact) mass is 195 g/mol. The molecule has 0 spiro atoms. The third-order valence-electron chi connectivity index (χ3n) is 2.33. The van der Waals surface area contributed by atoms with Crippen molar-refractivity contribution in [1.82, 2.24) is 4.90 Å². The van der Waals surface area contributed by atoms with Gasteiger partial charge in [0.1, 0.15) is 0 Å². The molecule has 0 unspecified atom stereocenters. The second kappa shape index (κ2) is 3.56. The Morgan fingerprint density at radius 3 is 2.14 bits per heavy atom. The lowest BCUT2D eigenvalue weighted by Crippen LogP contribution is -2.63. The van der Waals surface area contributed by atoms with Crippen LogP contribution in [-0.4, -0.2) is 34.7 Å². The highest BCUT2D eigenvalue weighted by Crippen LogP contribution is 2.23. The van der Waals surface area contributed by atoms with E-state index in [1.807, 2.05) is 0 Å². The standard InChI is InChI=1S/C12H21NO/c1-10(2)13-8-12(14,9-13)7-6-11(3,4)5/h10,14H,8-9H2,1-5H3. The highest BCUT2D eigenvalue weighted by Gasteiger charge is 2.40. The third-order valence-corrected chi connectivity index (χ3v) is 2.33. The summed E-state index contributed by atoms with van der Waals surface area (Å²) >= 11 is 0. The maximum absolute atomic E-state index is 9.98. The maximum Gasteiger partial charge on any atom is 0.150 e. The minimum atomic E-state index is -0.752. The number of hydrogen-bond acceptors (Lipinski definition) is 2. The Hall–Kier alpha value is -0.520. The van der Waals surface area contributed by atoms with Crippen LogP contribution in [0.5, 0.6) is 0 Å². The fourth-order valence-electron chi connectivity index (χ4n) is 1.37. The van der Waals surface area contributed by atoms with Crippen molar-refractivity contribution in [3.63, 3.8) is 0 Å². The number of aliphatic hydroxyl groups is 1. The Morgan fingerprint density at radius 1 is 1.29 bits per heavy atom. The molecular weight excluding hydrogens is 174 g/mol. The molecule has 1 rings (SSSR count). The zero-order valence-corrected chi connectivity index (χ0v) is 9.89. The summed E-state index contributed by atoms with van der Waals surface area (Å²) in [6, 6.07) is 0.506. The third kappa shape index (κ3) is 3.01. The van der Waals surface area contributed by atoms with Crippen LogP contribution < -0.4 is 0 Å². The highest BCUT2D eigenvalue weighted by atomic mass is 16.3. The zero-order chi connectivity index (χ0) is 11.0. The average Bonchev–Trinajstić information content (AvgIpc) is 1.93. The molecule has 1 saturated heterocycles. The lowest BCUT2D eigenvalue weighted by Gasteiger charge is -2.45. The molecule has 0 saturated carbocycles. The first-order valence-corrected chi connectivity index (χ1v) is 5.23. The average molecular weight is 195 g/mol. The van der Waals surface area contributed by atoms with Gasteiger partial charge in [-0.3, -0.25) is 4.90 Å². The molecule has 1 aliphatic heterocycles. The Kier molecular flexibility index (Phi) is 2.94. The largest absolute Gasteiger partial charge is 0.375 e. The molecule has 14 heavy (non-hydrogen) atoms. The van der Waals surface area contributed by atoms with E-state index in [9.17, 15) is 5.11 Å². The van der Waals surface area contributed by atoms with E-state index in [2.05, 4.69) is 51.4 Å². The molecule has 0 radical (unpaired) electrons. The molecule has 0 aliphatic carbocycles. The first-order valence-electron chi connectivity index (χ1n) is 5.23. The lowest BCUT2D eigenvalue weighted by molar-refractivity contribution is -0.0679. The van der Waals surface area contributed by atoms with Gasteiger partial charge in [0, 0.05) is 24.5 Å². The van der Waals surface area contributed by atoms with Gasteiger partial charge in [-0.15, -0.1) is 0 Å². The Morgan fingerprint density at radius 2 is 1.79 bits per heavy atom. The van der Waals surface area contributed by atoms with Crippen molar-refractivity contribution in [3.05, 3.63) is 0 Å². The van der Waals surface area contributed by atoms with Gasteiger partial charge in [0.05, 0.1) is 0 Å². The molecule has 1 aliphatic rings. The van der Waals surface area contributed by atoms with Crippen LogP contribution in [-0.2, 0) is 0 Å². The molecule has 0 aromatic rings. The number of β-amino-alcohol motifs (C(OH)–C–C–N with tert-alkyl or cyclic N) is 1. The normalized spacial score (nSPS) is 21.4. The Labute approximate surface area is 87.3 Å². The van der Waals surface area contributed by atoms with Gasteiger partial charge in [-0.1, -0.05) is 11.8 Å². The predicted molar refractivity (Wildman–Crippen MR) is 58.9 cm³/mol. The molecule has 80 valence electrons. The molecule has 1 heterocycles. The van der Waals surface area contributed by atoms with Crippen molar-refractivity contribution < 1.29 is 5.11 Å². The first-order chi connectivity index (χ1) is 6.22. The zero-order valence-electron chi connectivity index (χ0n) is 9.89. The fraction of sp³-hybridized carbons (Fsp3) is 0.833. The number of nitrogens with zero attached hydrogens (tertiary/aromatic N) is 1. The topological polar surface area (TPSA) is 23.5 Å². The molecule has 0 aromatic heterocycles. The Balaban J connectivity index is 2.52. The molecule has 2 heteroatoms. The first kappa shape index (κ1) is 11.6. The molecule has 0 aromatic carbocycles. The van der Waals surface area contributed by atoms with Gasteiger partial charge in [-0.2, -0.15) is 0 Å². The fourth-order valence-corrected chi connectivity index (χ4v) is 1.37. The summed E-state index contributed by atoms with van der Waals surface area (Å²) < 4.78 is 0. The summed E-state index contributed by atoms with van der Waals surface area (Å²) in [6.45, 7) is 11.8. The van der Waals surface area contributed by atoms with E-state index >= 15 is 0 Å². The van der Waals surface area contributed by atoms with Crippen LogP contribution in [0, 0.1) is 17.3 Å². The van der Waals surface area contributed by atoms with Gasteiger partial charge in [0.2, 0.25) is 0 Å². The van der Waals surface area contributed by atoms with Crippen LogP contribution in [0.15, 0.2) is 0 Å². The number of hydrogen-bond donors (Lipinski definition) is 1. The van der Waals surface area contributed by atoms with E-state index in [0.29, 0.717) is 19.1 Å². The van der Waals surface area contributed by atoms with Crippen molar-refractivity contribution in [2.45, 2.75) is 46.3 Å². The van der Waals surface area contributed by atoms with Gasteiger partial charge in [0.15, 0.2) is 5.60 Å². The summed E-state index contributed by atoms with van der Waals surface area (Å²) in [4.78, 5) is 2.22. The van der Waals surface area contributed by atoms with Gasteiger partial charge in [0.25, 0.3) is 0 Å². The predicted octanol–water partition coefficient (Wildman–Crippen LogP) is 1.49. The van der Waals surface area contributed by atoms with E-state index < -0.39 is 5.60 Å². The second-order valence-corrected chi connectivity index (χ2v) is 5.53. The van der Waals surface area contributed by atoms with Crippen LogP contribution in [0.1, 0.15) is 34.6 Å². The van der Waals surface area contributed by atoms with E-state index in [1.54, 1.807) is 0 Å². The second-order valence-electron chi connectivity index (χ2n) is 5.53. The molecular formula is C12H21NO. The van der Waals surface area contributed by atoms with Gasteiger partial charge in [-0.05, 0) is 34.6 Å². The van der Waals surface area contributed by atoms with Gasteiger partial charge < -0.3 is 5.11 Å². The van der Waals surface area contributed by atoms with Crippen LogP contribution >= 0.6 is 0 Å². The van der Waals surface area contributed by atoms with E-state index in [0.717, 1.165) is 0 Å². The van der Waals surface area contributed by atoms with E-state index in [1.165, 1.54) is 0 Å². The van der Waals surface area contributed by atoms with Crippen LogP contribution in [0.3, 0.4) is 0 Å². The van der Waals surface area contributed by atoms with E-state index in [4.69, 9.17) is 0 Å². The van der Waals surface area contributed by atoms with Crippen molar-refractivity contribution in [1.29, 1.82) is 0 Å². The maximum atomic E-state index is 9.98. The van der Waals surface area contributed by atoms with Gasteiger partial charge >= 0.3 is 0 Å². The highest BCUT2D eigenvalue weighted by molar-refractivity contribution is 5.23. The lowest BCUT2D eigenvalue weighted by atomic mass is 9.90. The summed E-state index contributed by atoms with van der Waals surface area (Å²) in [6.07, 6.45) is 0. The minimum Gasteiger partial charge on any atom is -0.375 e. The summed E-state index contributed by atoms with van der Waals surface area (Å²) in [7, 11) is 0. The van der Waals surface area contributed by atoms with Crippen LogP contribution in [0.4, 0.5) is 0 Å². The van der Waals surface area contributed by atoms with Crippen molar-refractivity contribution in [2.24, 2.45) is 5.41 Å². The molecule has 1 N–H and O–H groups in total. The van der Waals surface area contributed by atoms with Crippen molar-refractivity contribution >= 4 is 0 Å². The molecule has 2 nitrogen and oxygen atoms in total. The Bertz CT molecular complexity index is 258. The smallest absolute Gasteiger partial charge is 0.150 e. The van der Waals surface area contributed by atoms with Crippen molar-refractivity contribution in [2.75, 3.05) is 13.1 Å². The SMILES string of the molecule is CC(C)N1CC(O)(C#CC(C)(C)C)C1. The van der Waals surface area contributed by atoms with E-state index in [-0.39, 0.29) is 5.41 Å². The van der Waals surface area contributed by atoms with Gasteiger partial charge in [-0.25, -0.2) is 0 Å². The minimum absolute atomic E-state index is 0.0199. The van der Waals surface area contributed by atoms with Crippen LogP contribution in [0.25, 0.3) is 0 Å². The number of likely N-dealkylation sites (tertiary alicyclic amines) is 1. The molecule has 0 atom stereocenters. The molecule has 0 bridgehead atoms.